The average Bonchev–Trinajstić information content (AvgIpc) is 2.42. The molecule has 1 aromatic rings. The fraction of sp³-hybridized carbons (Fsp3) is 0.562. The van der Waals surface area contributed by atoms with E-state index >= 15 is 0 Å². The van der Waals surface area contributed by atoms with E-state index in [0.717, 1.165) is 36.9 Å². The molecule has 0 amide bonds. The first-order valence-electron chi connectivity index (χ1n) is 7.45. The highest BCUT2D eigenvalue weighted by atomic mass is 32.2. The molecule has 4 nitrogen and oxygen atoms in total. The number of rotatable bonds is 3. The number of phenolic OH excluding ortho intramolecular Hbond substituents is 1. The number of phenols is 1. The van der Waals surface area contributed by atoms with E-state index in [0.29, 0.717) is 12.3 Å². The lowest BCUT2D eigenvalue weighted by atomic mass is 10.2. The molecule has 5 heteroatoms. The lowest BCUT2D eigenvalue weighted by Crippen LogP contribution is -2.50. The van der Waals surface area contributed by atoms with Gasteiger partial charge in [-0.05, 0) is 38.5 Å². The van der Waals surface area contributed by atoms with Crippen molar-refractivity contribution in [2.75, 3.05) is 25.4 Å². The number of thioether (sulfide) groups is 1. The van der Waals surface area contributed by atoms with Gasteiger partial charge in [0, 0.05) is 30.1 Å². The Labute approximate surface area is 131 Å². The molecule has 0 bridgehead atoms. The van der Waals surface area contributed by atoms with Gasteiger partial charge in [0.1, 0.15) is 5.75 Å². The Morgan fingerprint density at radius 3 is 2.95 bits per heavy atom. The Morgan fingerprint density at radius 2 is 2.29 bits per heavy atom. The third-order valence-electron chi connectivity index (χ3n) is 3.38. The molecule has 2 N–H and O–H groups in total. The normalized spacial score (nSPS) is 18.6. The summed E-state index contributed by atoms with van der Waals surface area (Å²) >= 11 is 2.02. The highest BCUT2D eigenvalue weighted by Crippen LogP contribution is 2.29. The van der Waals surface area contributed by atoms with Crippen LogP contribution in [-0.4, -0.2) is 46.1 Å². The first kappa shape index (κ1) is 16.0. The number of nitrogens with zero attached hydrogens (tertiary/aromatic N) is 2. The third-order valence-corrected chi connectivity index (χ3v) is 4.68. The van der Waals surface area contributed by atoms with Gasteiger partial charge in [-0.25, -0.2) is 4.99 Å². The molecule has 21 heavy (non-hydrogen) atoms. The molecule has 2 rings (SSSR count). The number of nitrogens with one attached hydrogen (secondary N) is 1. The van der Waals surface area contributed by atoms with Gasteiger partial charge in [-0.3, -0.25) is 0 Å². The number of hydrogen-bond donors (Lipinski definition) is 2. The first-order valence-corrected chi connectivity index (χ1v) is 8.44. The third kappa shape index (κ3) is 4.84. The molecule has 0 aromatic heterocycles. The zero-order valence-electron chi connectivity index (χ0n) is 13.1. The molecule has 1 aliphatic rings. The van der Waals surface area contributed by atoms with E-state index < -0.39 is 0 Å². The highest BCUT2D eigenvalue weighted by Gasteiger charge is 2.28. The van der Waals surface area contributed by atoms with Gasteiger partial charge < -0.3 is 15.3 Å². The standard InChI is InChI=1S/C16H25N3OS/c1-4-17-15(19-8-9-21-16(2,3)12-19)18-11-13-6-5-7-14(20)10-13/h5-7,10,20H,4,8-9,11-12H2,1-3H3,(H,17,18). The van der Waals surface area contributed by atoms with Crippen molar-refractivity contribution in [2.45, 2.75) is 32.1 Å². The summed E-state index contributed by atoms with van der Waals surface area (Å²) < 4.78 is 0.263. The van der Waals surface area contributed by atoms with E-state index in [4.69, 9.17) is 4.99 Å². The van der Waals surface area contributed by atoms with E-state index in [9.17, 15) is 5.11 Å². The molecule has 0 atom stereocenters. The van der Waals surface area contributed by atoms with Crippen LogP contribution in [0.1, 0.15) is 26.3 Å². The molecule has 1 fully saturated rings. The van der Waals surface area contributed by atoms with Crippen molar-refractivity contribution < 1.29 is 5.11 Å². The minimum Gasteiger partial charge on any atom is -0.508 e. The molecule has 1 saturated heterocycles. The van der Waals surface area contributed by atoms with Crippen LogP contribution < -0.4 is 5.32 Å². The quantitative estimate of drug-likeness (QED) is 0.666. The second kappa shape index (κ2) is 7.07. The maximum absolute atomic E-state index is 9.52. The number of aromatic hydroxyl groups is 1. The summed E-state index contributed by atoms with van der Waals surface area (Å²) in [5.41, 5.74) is 1.02. The Balaban J connectivity index is 2.08. The van der Waals surface area contributed by atoms with Crippen LogP contribution >= 0.6 is 11.8 Å². The minimum absolute atomic E-state index is 0.263. The fourth-order valence-electron chi connectivity index (χ4n) is 2.44. The van der Waals surface area contributed by atoms with Gasteiger partial charge in [0.25, 0.3) is 0 Å². The summed E-state index contributed by atoms with van der Waals surface area (Å²) in [6.07, 6.45) is 0. The van der Waals surface area contributed by atoms with Crippen LogP contribution in [0.4, 0.5) is 0 Å². The Morgan fingerprint density at radius 1 is 1.48 bits per heavy atom. The van der Waals surface area contributed by atoms with E-state index in [1.807, 2.05) is 23.9 Å². The van der Waals surface area contributed by atoms with Crippen molar-refractivity contribution >= 4 is 17.7 Å². The SMILES string of the molecule is CCNC(=NCc1cccc(O)c1)N1CCSC(C)(C)C1. The molecule has 0 saturated carbocycles. The van der Waals surface area contributed by atoms with Gasteiger partial charge in [0.05, 0.1) is 6.54 Å². The molecular weight excluding hydrogens is 282 g/mol. The molecule has 1 heterocycles. The molecule has 0 unspecified atom stereocenters. The fourth-order valence-corrected chi connectivity index (χ4v) is 3.56. The number of hydrogen-bond acceptors (Lipinski definition) is 3. The summed E-state index contributed by atoms with van der Waals surface area (Å²) in [5, 5.41) is 12.9. The number of guanidine groups is 1. The summed E-state index contributed by atoms with van der Waals surface area (Å²) in [4.78, 5) is 7.06. The van der Waals surface area contributed by atoms with Crippen LogP contribution in [0.3, 0.4) is 0 Å². The summed E-state index contributed by atoms with van der Waals surface area (Å²) in [5.74, 6) is 2.39. The minimum atomic E-state index is 0.263. The molecule has 1 aromatic carbocycles. The summed E-state index contributed by atoms with van der Waals surface area (Å²) in [7, 11) is 0. The monoisotopic (exact) mass is 307 g/mol. The molecule has 0 radical (unpaired) electrons. The molecule has 116 valence electrons. The average molecular weight is 307 g/mol. The Kier molecular flexibility index (Phi) is 5.39. The Hall–Kier alpha value is -1.36. The van der Waals surface area contributed by atoms with Gasteiger partial charge in [0.15, 0.2) is 5.96 Å². The van der Waals surface area contributed by atoms with Crippen molar-refractivity contribution in [1.82, 2.24) is 10.2 Å². The van der Waals surface area contributed by atoms with Crippen LogP contribution in [0.25, 0.3) is 0 Å². The van der Waals surface area contributed by atoms with Crippen LogP contribution in [0.15, 0.2) is 29.3 Å². The van der Waals surface area contributed by atoms with Gasteiger partial charge in [-0.1, -0.05) is 12.1 Å². The maximum atomic E-state index is 9.52. The molecule has 0 aliphatic carbocycles. The first-order chi connectivity index (χ1) is 10.00. The molecular formula is C16H25N3OS. The van der Waals surface area contributed by atoms with E-state index in [-0.39, 0.29) is 4.75 Å². The predicted molar refractivity (Wildman–Crippen MR) is 91.0 cm³/mol. The van der Waals surface area contributed by atoms with E-state index in [2.05, 4.69) is 31.0 Å². The number of benzene rings is 1. The van der Waals surface area contributed by atoms with Crippen LogP contribution in [0, 0.1) is 0 Å². The lowest BCUT2D eigenvalue weighted by Gasteiger charge is -2.39. The largest absolute Gasteiger partial charge is 0.508 e. The smallest absolute Gasteiger partial charge is 0.194 e. The second-order valence-corrected chi connectivity index (χ2v) is 7.67. The van der Waals surface area contributed by atoms with Crippen LogP contribution in [0.5, 0.6) is 5.75 Å². The van der Waals surface area contributed by atoms with Gasteiger partial charge in [-0.15, -0.1) is 0 Å². The van der Waals surface area contributed by atoms with Gasteiger partial charge in [-0.2, -0.15) is 11.8 Å². The Bertz CT molecular complexity index is 502. The predicted octanol–water partition coefficient (Wildman–Crippen LogP) is 2.69. The van der Waals surface area contributed by atoms with E-state index in [1.54, 1.807) is 12.1 Å². The van der Waals surface area contributed by atoms with Gasteiger partial charge >= 0.3 is 0 Å². The van der Waals surface area contributed by atoms with E-state index in [1.165, 1.54) is 0 Å². The van der Waals surface area contributed by atoms with Crippen molar-refractivity contribution in [3.8, 4) is 5.75 Å². The van der Waals surface area contributed by atoms with Crippen LogP contribution in [0.2, 0.25) is 0 Å². The summed E-state index contributed by atoms with van der Waals surface area (Å²) in [6, 6.07) is 7.29. The van der Waals surface area contributed by atoms with Crippen molar-refractivity contribution in [2.24, 2.45) is 4.99 Å². The molecule has 0 spiro atoms. The summed E-state index contributed by atoms with van der Waals surface area (Å²) in [6.45, 7) is 10.1. The number of aliphatic imine (C=N–C) groups is 1. The lowest BCUT2D eigenvalue weighted by molar-refractivity contribution is 0.376. The van der Waals surface area contributed by atoms with Crippen molar-refractivity contribution in [1.29, 1.82) is 0 Å². The zero-order valence-corrected chi connectivity index (χ0v) is 13.9. The van der Waals surface area contributed by atoms with Crippen molar-refractivity contribution in [3.63, 3.8) is 0 Å². The van der Waals surface area contributed by atoms with Crippen LogP contribution in [-0.2, 0) is 6.54 Å². The van der Waals surface area contributed by atoms with Gasteiger partial charge in [0.2, 0.25) is 0 Å². The topological polar surface area (TPSA) is 47.9 Å². The second-order valence-electron chi connectivity index (χ2n) is 5.87. The molecule has 1 aliphatic heterocycles. The zero-order chi connectivity index (χ0) is 15.3. The van der Waals surface area contributed by atoms with Crippen molar-refractivity contribution in [3.05, 3.63) is 29.8 Å². The maximum Gasteiger partial charge on any atom is 0.194 e. The highest BCUT2D eigenvalue weighted by molar-refractivity contribution is 8.00.